The average molecular weight is 358 g/mol. The van der Waals surface area contributed by atoms with E-state index in [9.17, 15) is 13.2 Å². The summed E-state index contributed by atoms with van der Waals surface area (Å²) in [6.07, 6.45) is 1.17. The van der Waals surface area contributed by atoms with Crippen LogP contribution in [0.25, 0.3) is 0 Å². The normalized spacial score (nSPS) is 19.0. The molecule has 1 saturated heterocycles. The summed E-state index contributed by atoms with van der Waals surface area (Å²) in [5.41, 5.74) is 0.333. The Morgan fingerprint density at radius 1 is 1.42 bits per heavy atom. The number of methoxy groups -OCH3 is 1. The molecule has 0 spiro atoms. The van der Waals surface area contributed by atoms with Crippen molar-refractivity contribution in [2.24, 2.45) is 0 Å². The molecule has 2 aliphatic rings. The highest BCUT2D eigenvalue weighted by Gasteiger charge is 2.29. The van der Waals surface area contributed by atoms with Crippen LogP contribution in [0.4, 0.5) is 0 Å². The van der Waals surface area contributed by atoms with Crippen molar-refractivity contribution in [1.82, 2.24) is 19.4 Å². The van der Waals surface area contributed by atoms with E-state index in [1.807, 2.05) is 0 Å². The summed E-state index contributed by atoms with van der Waals surface area (Å²) < 4.78 is 37.5. The van der Waals surface area contributed by atoms with Crippen LogP contribution in [0.5, 0.6) is 5.88 Å². The van der Waals surface area contributed by atoms with Gasteiger partial charge in [-0.15, -0.1) is 0 Å². The number of carbonyl (C=O) groups is 1. The molecule has 2 aliphatic heterocycles. The third kappa shape index (κ3) is 3.70. The first-order valence-corrected chi connectivity index (χ1v) is 9.59. The Kier molecular flexibility index (Phi) is 5.07. The maximum absolute atomic E-state index is 12.2. The van der Waals surface area contributed by atoms with E-state index in [1.165, 1.54) is 11.4 Å². The first-order chi connectivity index (χ1) is 11.5. The Morgan fingerprint density at radius 3 is 2.83 bits per heavy atom. The Balaban J connectivity index is 1.50. The van der Waals surface area contributed by atoms with Crippen LogP contribution < -0.4 is 10.1 Å². The van der Waals surface area contributed by atoms with Gasteiger partial charge in [0.25, 0.3) is 5.91 Å². The summed E-state index contributed by atoms with van der Waals surface area (Å²) in [7, 11) is -1.80. The van der Waals surface area contributed by atoms with Crippen LogP contribution in [0.15, 0.2) is 6.07 Å². The van der Waals surface area contributed by atoms with Crippen LogP contribution in [-0.2, 0) is 21.3 Å². The summed E-state index contributed by atoms with van der Waals surface area (Å²) in [6, 6.07) is 1.58. The lowest BCUT2D eigenvalue weighted by Gasteiger charge is -2.31. The van der Waals surface area contributed by atoms with E-state index in [2.05, 4.69) is 10.4 Å². The third-order valence-corrected chi connectivity index (χ3v) is 6.09. The van der Waals surface area contributed by atoms with E-state index < -0.39 is 10.0 Å². The summed E-state index contributed by atoms with van der Waals surface area (Å²) in [6.45, 7) is 2.23. The number of piperidine rings is 1. The lowest BCUT2D eigenvalue weighted by atomic mass is 10.1. The predicted octanol–water partition coefficient (Wildman–Crippen LogP) is -0.554. The molecule has 1 amide bonds. The molecule has 1 N–H and O–H groups in total. The van der Waals surface area contributed by atoms with Gasteiger partial charge in [-0.25, -0.2) is 17.4 Å². The maximum Gasteiger partial charge on any atom is 0.272 e. The van der Waals surface area contributed by atoms with Crippen LogP contribution in [-0.4, -0.2) is 73.6 Å². The SMILES string of the molecule is COCCS(=O)(=O)N1CCC(NC(=O)c2cc3n(n2)CCO3)CC1. The average Bonchev–Trinajstić information content (AvgIpc) is 3.15. The monoisotopic (exact) mass is 358 g/mol. The molecule has 0 aromatic carbocycles. The van der Waals surface area contributed by atoms with Crippen molar-refractivity contribution in [2.75, 3.05) is 39.2 Å². The Hall–Kier alpha value is -1.65. The van der Waals surface area contributed by atoms with E-state index in [1.54, 1.807) is 10.7 Å². The summed E-state index contributed by atoms with van der Waals surface area (Å²) in [4.78, 5) is 12.2. The van der Waals surface area contributed by atoms with Crippen LogP contribution in [0.1, 0.15) is 23.3 Å². The first kappa shape index (κ1) is 17.2. The molecule has 1 fully saturated rings. The molecule has 24 heavy (non-hydrogen) atoms. The van der Waals surface area contributed by atoms with E-state index in [4.69, 9.17) is 9.47 Å². The number of hydrogen-bond donors (Lipinski definition) is 1. The Bertz CT molecular complexity index is 673. The van der Waals surface area contributed by atoms with Gasteiger partial charge >= 0.3 is 0 Å². The molecule has 0 bridgehead atoms. The fourth-order valence-electron chi connectivity index (χ4n) is 2.88. The molecule has 3 heterocycles. The van der Waals surface area contributed by atoms with E-state index in [0.29, 0.717) is 50.7 Å². The fraction of sp³-hybridized carbons (Fsp3) is 0.714. The van der Waals surface area contributed by atoms with E-state index >= 15 is 0 Å². The van der Waals surface area contributed by atoms with Crippen LogP contribution >= 0.6 is 0 Å². The van der Waals surface area contributed by atoms with Gasteiger partial charge in [0.05, 0.1) is 18.9 Å². The highest BCUT2D eigenvalue weighted by atomic mass is 32.2. The Morgan fingerprint density at radius 2 is 2.17 bits per heavy atom. The summed E-state index contributed by atoms with van der Waals surface area (Å²) in [5.74, 6) is 0.348. The van der Waals surface area contributed by atoms with Crippen LogP contribution in [0.3, 0.4) is 0 Å². The topological polar surface area (TPSA) is 103 Å². The number of fused-ring (bicyclic) bond motifs is 1. The second-order valence-corrected chi connectivity index (χ2v) is 7.98. The van der Waals surface area contributed by atoms with Crippen molar-refractivity contribution in [3.8, 4) is 5.88 Å². The first-order valence-electron chi connectivity index (χ1n) is 7.98. The molecule has 0 atom stereocenters. The predicted molar refractivity (Wildman–Crippen MR) is 85.4 cm³/mol. The zero-order chi connectivity index (χ0) is 17.2. The van der Waals surface area contributed by atoms with Gasteiger partial charge in [-0.2, -0.15) is 5.10 Å². The van der Waals surface area contributed by atoms with Gasteiger partial charge in [0.15, 0.2) is 5.69 Å². The standard InChI is InChI=1S/C14H22N4O5S/c1-22-8-9-24(20,21)17-4-2-11(3-5-17)15-14(19)12-10-13-18(16-12)6-7-23-13/h10-11H,2-9H2,1H3,(H,15,19). The Labute approximate surface area is 141 Å². The zero-order valence-corrected chi connectivity index (χ0v) is 14.4. The summed E-state index contributed by atoms with van der Waals surface area (Å²) in [5, 5.41) is 7.13. The van der Waals surface area contributed by atoms with Crippen LogP contribution in [0.2, 0.25) is 0 Å². The van der Waals surface area contributed by atoms with Gasteiger partial charge in [0.2, 0.25) is 15.9 Å². The number of nitrogens with one attached hydrogen (secondary N) is 1. The molecular formula is C14H22N4O5S. The molecule has 0 saturated carbocycles. The number of ether oxygens (including phenoxy) is 2. The summed E-state index contributed by atoms with van der Waals surface area (Å²) >= 11 is 0. The largest absolute Gasteiger partial charge is 0.476 e. The van der Waals surface area contributed by atoms with Gasteiger partial charge in [0, 0.05) is 32.3 Å². The van der Waals surface area contributed by atoms with Gasteiger partial charge in [0.1, 0.15) is 6.61 Å². The second-order valence-electron chi connectivity index (χ2n) is 5.90. The number of hydrogen-bond acceptors (Lipinski definition) is 6. The number of carbonyl (C=O) groups excluding carboxylic acids is 1. The molecule has 0 radical (unpaired) electrons. The number of amides is 1. The molecular weight excluding hydrogens is 336 g/mol. The molecule has 1 aromatic heterocycles. The smallest absolute Gasteiger partial charge is 0.272 e. The lowest BCUT2D eigenvalue weighted by Crippen LogP contribution is -2.47. The van der Waals surface area contributed by atoms with Crippen molar-refractivity contribution in [2.45, 2.75) is 25.4 Å². The minimum absolute atomic E-state index is 0.0132. The molecule has 10 heteroatoms. The zero-order valence-electron chi connectivity index (χ0n) is 13.6. The second kappa shape index (κ2) is 7.08. The van der Waals surface area contributed by atoms with Crippen molar-refractivity contribution in [3.63, 3.8) is 0 Å². The molecule has 3 rings (SSSR count). The minimum atomic E-state index is -3.28. The van der Waals surface area contributed by atoms with Gasteiger partial charge in [-0.1, -0.05) is 0 Å². The van der Waals surface area contributed by atoms with Crippen molar-refractivity contribution >= 4 is 15.9 Å². The molecule has 0 unspecified atom stereocenters. The number of sulfonamides is 1. The molecule has 134 valence electrons. The van der Waals surface area contributed by atoms with Gasteiger partial charge in [-0.05, 0) is 12.8 Å². The van der Waals surface area contributed by atoms with Crippen molar-refractivity contribution < 1.29 is 22.7 Å². The fourth-order valence-corrected chi connectivity index (χ4v) is 4.28. The van der Waals surface area contributed by atoms with Crippen LogP contribution in [0, 0.1) is 0 Å². The molecule has 9 nitrogen and oxygen atoms in total. The maximum atomic E-state index is 12.2. The molecule has 1 aromatic rings. The van der Waals surface area contributed by atoms with Gasteiger partial charge < -0.3 is 14.8 Å². The van der Waals surface area contributed by atoms with Crippen molar-refractivity contribution in [3.05, 3.63) is 11.8 Å². The third-order valence-electron chi connectivity index (χ3n) is 4.26. The lowest BCUT2D eigenvalue weighted by molar-refractivity contribution is 0.0917. The molecule has 0 aliphatic carbocycles. The van der Waals surface area contributed by atoms with E-state index in [0.717, 1.165) is 0 Å². The van der Waals surface area contributed by atoms with E-state index in [-0.39, 0.29) is 24.3 Å². The number of aromatic nitrogens is 2. The minimum Gasteiger partial charge on any atom is -0.476 e. The quantitative estimate of drug-likeness (QED) is 0.732. The number of rotatable bonds is 6. The highest BCUT2D eigenvalue weighted by Crippen LogP contribution is 2.19. The number of nitrogens with zero attached hydrogens (tertiary/aromatic N) is 3. The highest BCUT2D eigenvalue weighted by molar-refractivity contribution is 7.89. The van der Waals surface area contributed by atoms with Gasteiger partial charge in [-0.3, -0.25) is 4.79 Å². The van der Waals surface area contributed by atoms with Crippen molar-refractivity contribution in [1.29, 1.82) is 0 Å².